The molecule has 0 aliphatic rings. The van der Waals surface area contributed by atoms with E-state index in [1.807, 2.05) is 32.2 Å². The first-order valence-electron chi connectivity index (χ1n) is 5.15. The molecule has 0 saturated carbocycles. The lowest BCUT2D eigenvalue weighted by Crippen LogP contribution is -2.04. The molecule has 0 amide bonds. The molecule has 2 rings (SSSR count). The molecule has 2 aromatic rings. The lowest BCUT2D eigenvalue weighted by atomic mass is 10.1. The molecule has 1 aromatic carbocycles. The van der Waals surface area contributed by atoms with Gasteiger partial charge in [0.05, 0.1) is 5.02 Å². The zero-order valence-corrected chi connectivity index (χ0v) is 11.2. The first kappa shape index (κ1) is 12.4. The first-order valence-corrected chi connectivity index (χ1v) is 6.34. The van der Waals surface area contributed by atoms with Crippen LogP contribution in [-0.4, -0.2) is 14.8 Å². The minimum atomic E-state index is -0.0126. The molecule has 0 bridgehead atoms. The molecule has 0 spiro atoms. The molecule has 2 N–H and O–H groups in total. The van der Waals surface area contributed by atoms with Crippen LogP contribution in [0.1, 0.15) is 18.5 Å². The highest BCUT2D eigenvalue weighted by molar-refractivity contribution is 7.99. The second-order valence-electron chi connectivity index (χ2n) is 3.75. The van der Waals surface area contributed by atoms with Gasteiger partial charge in [-0.2, -0.15) is 5.10 Å². The number of hydrogen-bond acceptors (Lipinski definition) is 4. The molecule has 0 radical (unpaired) electrons. The number of nitrogens with two attached hydrogens (primary N) is 1. The molecule has 0 aliphatic carbocycles. The number of aromatic nitrogens is 3. The topological polar surface area (TPSA) is 56.7 Å². The predicted molar refractivity (Wildman–Crippen MR) is 69.2 cm³/mol. The van der Waals surface area contributed by atoms with Crippen LogP contribution in [-0.2, 0) is 7.05 Å². The van der Waals surface area contributed by atoms with E-state index in [-0.39, 0.29) is 6.04 Å². The van der Waals surface area contributed by atoms with Crippen LogP contribution in [0.4, 0.5) is 0 Å². The minimum absolute atomic E-state index is 0.0126. The second kappa shape index (κ2) is 5.08. The molecule has 17 heavy (non-hydrogen) atoms. The van der Waals surface area contributed by atoms with Crippen molar-refractivity contribution >= 4 is 23.4 Å². The highest BCUT2D eigenvalue weighted by Crippen LogP contribution is 2.33. The molecule has 1 heterocycles. The summed E-state index contributed by atoms with van der Waals surface area (Å²) in [4.78, 5) is 5.09. The van der Waals surface area contributed by atoms with Gasteiger partial charge in [-0.1, -0.05) is 17.7 Å². The van der Waals surface area contributed by atoms with Crippen molar-refractivity contribution in [3.05, 3.63) is 35.1 Å². The van der Waals surface area contributed by atoms with Crippen molar-refractivity contribution in [1.29, 1.82) is 0 Å². The van der Waals surface area contributed by atoms with Crippen molar-refractivity contribution in [3.8, 4) is 0 Å². The van der Waals surface area contributed by atoms with Crippen LogP contribution < -0.4 is 5.73 Å². The Morgan fingerprint density at radius 1 is 1.47 bits per heavy atom. The average Bonchev–Trinajstić information content (AvgIpc) is 2.67. The van der Waals surface area contributed by atoms with Gasteiger partial charge in [0.15, 0.2) is 5.16 Å². The number of hydrogen-bond donors (Lipinski definition) is 1. The molecule has 0 saturated heterocycles. The number of aryl methyl sites for hydroxylation is 1. The van der Waals surface area contributed by atoms with Crippen LogP contribution >= 0.6 is 23.4 Å². The van der Waals surface area contributed by atoms with Crippen LogP contribution in [0.15, 0.2) is 34.6 Å². The Bertz CT molecular complexity index is 524. The van der Waals surface area contributed by atoms with E-state index in [0.717, 1.165) is 15.6 Å². The molecule has 1 atom stereocenters. The average molecular weight is 269 g/mol. The maximum absolute atomic E-state index is 6.21. The molecule has 6 heteroatoms. The normalized spacial score (nSPS) is 12.7. The van der Waals surface area contributed by atoms with Crippen LogP contribution in [0.3, 0.4) is 0 Å². The largest absolute Gasteiger partial charge is 0.324 e. The Balaban J connectivity index is 2.26. The lowest BCUT2D eigenvalue weighted by molar-refractivity contribution is 0.685. The number of halogens is 1. The third kappa shape index (κ3) is 2.80. The van der Waals surface area contributed by atoms with E-state index in [1.54, 1.807) is 4.68 Å². The summed E-state index contributed by atoms with van der Waals surface area (Å²) in [7, 11) is 1.85. The van der Waals surface area contributed by atoms with Gasteiger partial charge in [0.1, 0.15) is 6.33 Å². The van der Waals surface area contributed by atoms with Crippen molar-refractivity contribution < 1.29 is 0 Å². The van der Waals surface area contributed by atoms with Gasteiger partial charge in [-0.25, -0.2) is 9.67 Å². The summed E-state index contributed by atoms with van der Waals surface area (Å²) >= 11 is 7.69. The molecule has 4 nitrogen and oxygen atoms in total. The van der Waals surface area contributed by atoms with Crippen LogP contribution in [0.2, 0.25) is 5.02 Å². The third-order valence-electron chi connectivity index (χ3n) is 2.35. The summed E-state index contributed by atoms with van der Waals surface area (Å²) in [5, 5.41) is 5.50. The maximum atomic E-state index is 6.21. The Morgan fingerprint density at radius 2 is 2.24 bits per heavy atom. The lowest BCUT2D eigenvalue weighted by Gasteiger charge is -2.08. The quantitative estimate of drug-likeness (QED) is 0.930. The van der Waals surface area contributed by atoms with E-state index < -0.39 is 0 Å². The van der Waals surface area contributed by atoms with Gasteiger partial charge in [-0.05, 0) is 36.4 Å². The monoisotopic (exact) mass is 268 g/mol. The zero-order chi connectivity index (χ0) is 12.4. The first-order chi connectivity index (χ1) is 8.08. The van der Waals surface area contributed by atoms with Crippen molar-refractivity contribution in [2.75, 3.05) is 0 Å². The van der Waals surface area contributed by atoms with E-state index in [4.69, 9.17) is 17.3 Å². The van der Waals surface area contributed by atoms with E-state index in [9.17, 15) is 0 Å². The van der Waals surface area contributed by atoms with Gasteiger partial charge >= 0.3 is 0 Å². The van der Waals surface area contributed by atoms with E-state index in [0.29, 0.717) is 5.02 Å². The Kier molecular flexibility index (Phi) is 3.71. The van der Waals surface area contributed by atoms with Gasteiger partial charge in [0.25, 0.3) is 0 Å². The highest BCUT2D eigenvalue weighted by Gasteiger charge is 2.09. The molecule has 0 unspecified atom stereocenters. The second-order valence-corrected chi connectivity index (χ2v) is 5.16. The van der Waals surface area contributed by atoms with Crippen molar-refractivity contribution in [3.63, 3.8) is 0 Å². The summed E-state index contributed by atoms with van der Waals surface area (Å²) in [6.07, 6.45) is 1.52. The summed E-state index contributed by atoms with van der Waals surface area (Å²) in [6.45, 7) is 1.93. The molecule has 90 valence electrons. The van der Waals surface area contributed by atoms with Gasteiger partial charge < -0.3 is 5.73 Å². The van der Waals surface area contributed by atoms with Gasteiger partial charge in [0.2, 0.25) is 0 Å². The number of rotatable bonds is 3. The van der Waals surface area contributed by atoms with E-state index in [2.05, 4.69) is 10.1 Å². The molecule has 0 aliphatic heterocycles. The Labute approximate surface area is 109 Å². The molecular formula is C11H13ClN4S. The molecular weight excluding hydrogens is 256 g/mol. The minimum Gasteiger partial charge on any atom is -0.324 e. The zero-order valence-electron chi connectivity index (χ0n) is 9.59. The fraction of sp³-hybridized carbons (Fsp3) is 0.273. The summed E-state index contributed by atoms with van der Waals surface area (Å²) < 4.78 is 1.71. The van der Waals surface area contributed by atoms with Crippen LogP contribution in [0.5, 0.6) is 0 Å². The van der Waals surface area contributed by atoms with Crippen molar-refractivity contribution in [1.82, 2.24) is 14.8 Å². The van der Waals surface area contributed by atoms with E-state index in [1.165, 1.54) is 18.1 Å². The van der Waals surface area contributed by atoms with Gasteiger partial charge in [0, 0.05) is 18.0 Å². The van der Waals surface area contributed by atoms with Crippen molar-refractivity contribution in [2.45, 2.75) is 23.0 Å². The molecule has 1 aromatic heterocycles. The third-order valence-corrected chi connectivity index (χ3v) is 3.91. The van der Waals surface area contributed by atoms with E-state index >= 15 is 0 Å². The van der Waals surface area contributed by atoms with Crippen LogP contribution in [0.25, 0.3) is 0 Å². The number of nitrogens with zero attached hydrogens (tertiary/aromatic N) is 3. The fourth-order valence-corrected chi connectivity index (χ4v) is 2.43. The smallest absolute Gasteiger partial charge is 0.190 e. The van der Waals surface area contributed by atoms with Gasteiger partial charge in [-0.3, -0.25) is 0 Å². The highest BCUT2D eigenvalue weighted by atomic mass is 35.5. The number of benzene rings is 1. The Hall–Kier alpha value is -1.04. The standard InChI is InChI=1S/C11H13ClN4S/c1-7(13)8-3-4-10(9(12)5-8)17-11-14-6-15-16(11)2/h3-7H,13H2,1-2H3/t7-/m1/s1. The summed E-state index contributed by atoms with van der Waals surface area (Å²) in [5.74, 6) is 0. The van der Waals surface area contributed by atoms with Crippen molar-refractivity contribution in [2.24, 2.45) is 12.8 Å². The summed E-state index contributed by atoms with van der Waals surface area (Å²) in [5.41, 5.74) is 6.83. The maximum Gasteiger partial charge on any atom is 0.190 e. The van der Waals surface area contributed by atoms with Gasteiger partial charge in [-0.15, -0.1) is 0 Å². The molecule has 0 fully saturated rings. The fourth-order valence-electron chi connectivity index (χ4n) is 1.36. The Morgan fingerprint density at radius 3 is 2.76 bits per heavy atom. The predicted octanol–water partition coefficient (Wildman–Crippen LogP) is 2.64. The summed E-state index contributed by atoms with van der Waals surface area (Å²) in [6, 6.07) is 5.82. The van der Waals surface area contributed by atoms with Crippen LogP contribution in [0, 0.1) is 0 Å². The SMILES string of the molecule is C[C@@H](N)c1ccc(Sc2ncnn2C)c(Cl)c1.